The summed E-state index contributed by atoms with van der Waals surface area (Å²) in [6, 6.07) is 8.88. The molecule has 11 nitrogen and oxygen atoms in total. The number of hydrogen-bond donors (Lipinski definition) is 6. The van der Waals surface area contributed by atoms with Crippen LogP contribution in [0.5, 0.6) is 0 Å². The summed E-state index contributed by atoms with van der Waals surface area (Å²) < 4.78 is 0. The van der Waals surface area contributed by atoms with Gasteiger partial charge in [-0.15, -0.1) is 0 Å². The van der Waals surface area contributed by atoms with Crippen LogP contribution in [0.4, 0.5) is 39.6 Å². The first kappa shape index (κ1) is 19.9. The summed E-state index contributed by atoms with van der Waals surface area (Å²) in [5, 5.41) is 18.9. The van der Waals surface area contributed by atoms with Gasteiger partial charge in [-0.25, -0.2) is 14.8 Å². The van der Waals surface area contributed by atoms with Crippen LogP contribution in [0, 0.1) is 20.8 Å². The van der Waals surface area contributed by atoms with Crippen LogP contribution in [0.15, 0.2) is 42.9 Å². The summed E-state index contributed by atoms with van der Waals surface area (Å²) in [5.41, 5.74) is 4.16. The molecule has 0 unspecified atom stereocenters. The predicted molar refractivity (Wildman–Crippen MR) is 119 cm³/mol. The molecule has 0 aliphatic carbocycles. The standard InChI is InChI=1S/C20H22N10O/c1-11-6-14(24-20(31)28-18-9-21-10-22-18)4-5-15(11)25-19-23-12(2)7-16(27-19)26-17-8-13(3)29-30-17/h4-10H,1-3H3,(H,21,22)(H2,24,28,31)(H3,23,25,26,27,29,30). The molecule has 2 amide bonds. The molecule has 0 aliphatic heterocycles. The second-order valence-electron chi connectivity index (χ2n) is 6.98. The number of benzene rings is 1. The molecule has 3 heterocycles. The van der Waals surface area contributed by atoms with Crippen molar-refractivity contribution in [2.24, 2.45) is 0 Å². The molecule has 0 spiro atoms. The number of anilines is 6. The van der Waals surface area contributed by atoms with Gasteiger partial charge in [-0.1, -0.05) is 0 Å². The lowest BCUT2D eigenvalue weighted by Crippen LogP contribution is -2.19. The third-order valence-corrected chi connectivity index (χ3v) is 4.29. The molecule has 11 heteroatoms. The van der Waals surface area contributed by atoms with Crippen LogP contribution in [-0.4, -0.2) is 36.2 Å². The van der Waals surface area contributed by atoms with E-state index in [1.54, 1.807) is 6.07 Å². The minimum Gasteiger partial charge on any atom is -0.331 e. The van der Waals surface area contributed by atoms with Gasteiger partial charge in [0.15, 0.2) is 5.82 Å². The number of nitrogens with one attached hydrogen (secondary N) is 6. The molecule has 4 rings (SSSR count). The highest BCUT2D eigenvalue weighted by Gasteiger charge is 2.09. The van der Waals surface area contributed by atoms with Crippen LogP contribution in [-0.2, 0) is 0 Å². The number of carbonyl (C=O) groups excluding carboxylic acids is 1. The highest BCUT2D eigenvalue weighted by molar-refractivity contribution is 5.99. The summed E-state index contributed by atoms with van der Waals surface area (Å²) in [6.07, 6.45) is 3.01. The van der Waals surface area contributed by atoms with Gasteiger partial charge in [0.2, 0.25) is 5.95 Å². The number of amides is 2. The Morgan fingerprint density at radius 3 is 2.55 bits per heavy atom. The number of aryl methyl sites for hydroxylation is 3. The molecule has 158 valence electrons. The molecule has 0 atom stereocenters. The van der Waals surface area contributed by atoms with E-state index in [1.165, 1.54) is 12.5 Å². The van der Waals surface area contributed by atoms with E-state index in [0.717, 1.165) is 22.6 Å². The topological polar surface area (TPSA) is 148 Å². The Balaban J connectivity index is 1.44. The molecule has 4 aromatic rings. The van der Waals surface area contributed by atoms with E-state index in [0.29, 0.717) is 29.1 Å². The SMILES string of the molecule is Cc1cc(Nc2cc(C)[nH]n2)nc(Nc2ccc(NC(=O)Nc3cnc[nH]3)cc2C)n1. The summed E-state index contributed by atoms with van der Waals surface area (Å²) in [5.74, 6) is 2.28. The largest absolute Gasteiger partial charge is 0.331 e. The van der Waals surface area contributed by atoms with E-state index in [-0.39, 0.29) is 6.03 Å². The minimum atomic E-state index is -0.365. The molecule has 3 aromatic heterocycles. The maximum Gasteiger partial charge on any atom is 0.324 e. The lowest BCUT2D eigenvalue weighted by Gasteiger charge is -2.12. The van der Waals surface area contributed by atoms with Crippen molar-refractivity contribution < 1.29 is 4.79 Å². The summed E-state index contributed by atoms with van der Waals surface area (Å²) >= 11 is 0. The number of rotatable bonds is 6. The van der Waals surface area contributed by atoms with Crippen molar-refractivity contribution in [3.05, 3.63) is 59.8 Å². The van der Waals surface area contributed by atoms with Gasteiger partial charge in [0.05, 0.1) is 12.5 Å². The van der Waals surface area contributed by atoms with E-state index in [1.807, 2.05) is 45.0 Å². The Kier molecular flexibility index (Phi) is 5.47. The third-order valence-electron chi connectivity index (χ3n) is 4.29. The first-order valence-corrected chi connectivity index (χ1v) is 9.53. The average molecular weight is 418 g/mol. The Morgan fingerprint density at radius 2 is 1.84 bits per heavy atom. The van der Waals surface area contributed by atoms with Gasteiger partial charge in [-0.2, -0.15) is 10.1 Å². The Labute approximate surface area is 178 Å². The molecule has 0 saturated heterocycles. The van der Waals surface area contributed by atoms with Crippen LogP contribution >= 0.6 is 0 Å². The molecule has 0 fully saturated rings. The molecule has 0 bridgehead atoms. The number of imidazole rings is 1. The van der Waals surface area contributed by atoms with E-state index in [2.05, 4.69) is 51.4 Å². The van der Waals surface area contributed by atoms with Crippen molar-refractivity contribution in [1.29, 1.82) is 0 Å². The number of H-pyrrole nitrogens is 2. The molecule has 31 heavy (non-hydrogen) atoms. The van der Waals surface area contributed by atoms with Crippen molar-refractivity contribution in [2.75, 3.05) is 21.3 Å². The van der Waals surface area contributed by atoms with Crippen molar-refractivity contribution >= 4 is 40.8 Å². The van der Waals surface area contributed by atoms with E-state index in [9.17, 15) is 4.79 Å². The van der Waals surface area contributed by atoms with Crippen LogP contribution in [0.25, 0.3) is 0 Å². The highest BCUT2D eigenvalue weighted by Crippen LogP contribution is 2.24. The maximum absolute atomic E-state index is 12.1. The van der Waals surface area contributed by atoms with Gasteiger partial charge in [0.25, 0.3) is 0 Å². The van der Waals surface area contributed by atoms with Crippen LogP contribution in [0.1, 0.15) is 17.0 Å². The number of nitrogens with zero attached hydrogens (tertiary/aromatic N) is 4. The van der Waals surface area contributed by atoms with Crippen molar-refractivity contribution in [1.82, 2.24) is 30.1 Å². The second-order valence-corrected chi connectivity index (χ2v) is 6.98. The number of aromatic nitrogens is 6. The lowest BCUT2D eigenvalue weighted by molar-refractivity contribution is 0.262. The fourth-order valence-corrected chi connectivity index (χ4v) is 2.91. The van der Waals surface area contributed by atoms with Crippen molar-refractivity contribution in [3.63, 3.8) is 0 Å². The number of hydrogen-bond acceptors (Lipinski definition) is 7. The predicted octanol–water partition coefficient (Wildman–Crippen LogP) is 3.98. The summed E-state index contributed by atoms with van der Waals surface area (Å²) in [7, 11) is 0. The third kappa shape index (κ3) is 5.15. The molecule has 6 N–H and O–H groups in total. The zero-order valence-electron chi connectivity index (χ0n) is 17.2. The Morgan fingerprint density at radius 1 is 0.968 bits per heavy atom. The molecular formula is C20H22N10O. The van der Waals surface area contributed by atoms with E-state index >= 15 is 0 Å². The van der Waals surface area contributed by atoms with Crippen LogP contribution in [0.3, 0.4) is 0 Å². The number of urea groups is 1. The quantitative estimate of drug-likeness (QED) is 0.277. The first-order valence-electron chi connectivity index (χ1n) is 9.53. The highest BCUT2D eigenvalue weighted by atomic mass is 16.2. The van der Waals surface area contributed by atoms with Gasteiger partial charge in [-0.05, 0) is 44.5 Å². The van der Waals surface area contributed by atoms with Gasteiger partial charge in [-0.3, -0.25) is 10.4 Å². The Hall–Kier alpha value is -4.41. The molecule has 0 aliphatic rings. The molecular weight excluding hydrogens is 396 g/mol. The zero-order chi connectivity index (χ0) is 21.8. The molecule has 1 aromatic carbocycles. The lowest BCUT2D eigenvalue weighted by atomic mass is 10.2. The monoisotopic (exact) mass is 418 g/mol. The smallest absolute Gasteiger partial charge is 0.324 e. The summed E-state index contributed by atoms with van der Waals surface area (Å²) in [4.78, 5) is 27.7. The second kappa shape index (κ2) is 8.53. The fourth-order valence-electron chi connectivity index (χ4n) is 2.91. The average Bonchev–Trinajstić information content (AvgIpc) is 3.35. The number of carbonyl (C=O) groups is 1. The van der Waals surface area contributed by atoms with Gasteiger partial charge in [0, 0.05) is 34.9 Å². The van der Waals surface area contributed by atoms with Gasteiger partial charge < -0.3 is 20.9 Å². The Bertz CT molecular complexity index is 1200. The first-order chi connectivity index (χ1) is 14.9. The zero-order valence-corrected chi connectivity index (χ0v) is 17.2. The van der Waals surface area contributed by atoms with Crippen molar-refractivity contribution in [3.8, 4) is 0 Å². The van der Waals surface area contributed by atoms with Gasteiger partial charge >= 0.3 is 6.03 Å². The molecule has 0 radical (unpaired) electrons. The normalized spacial score (nSPS) is 10.5. The number of aromatic amines is 2. The molecule has 0 saturated carbocycles. The van der Waals surface area contributed by atoms with E-state index in [4.69, 9.17) is 0 Å². The maximum atomic E-state index is 12.1. The van der Waals surface area contributed by atoms with Gasteiger partial charge in [0.1, 0.15) is 11.6 Å². The van der Waals surface area contributed by atoms with Crippen LogP contribution < -0.4 is 21.3 Å². The van der Waals surface area contributed by atoms with Crippen molar-refractivity contribution in [2.45, 2.75) is 20.8 Å². The van der Waals surface area contributed by atoms with E-state index < -0.39 is 0 Å². The van der Waals surface area contributed by atoms with Crippen LogP contribution in [0.2, 0.25) is 0 Å². The minimum absolute atomic E-state index is 0.365. The fraction of sp³-hybridized carbons (Fsp3) is 0.150. The summed E-state index contributed by atoms with van der Waals surface area (Å²) in [6.45, 7) is 5.76.